The number of amides is 2. The first kappa shape index (κ1) is 29.8. The highest BCUT2D eigenvalue weighted by atomic mass is 32.2. The fourth-order valence-electron chi connectivity index (χ4n) is 4.39. The fourth-order valence-corrected chi connectivity index (χ4v) is 5.89. The van der Waals surface area contributed by atoms with Crippen LogP contribution in [0.2, 0.25) is 0 Å². The summed E-state index contributed by atoms with van der Waals surface area (Å²) in [5, 5.41) is 2.85. The van der Waals surface area contributed by atoms with Gasteiger partial charge in [0.25, 0.3) is 10.0 Å². The molecule has 1 atom stereocenters. The Hall–Kier alpha value is -3.72. The highest BCUT2D eigenvalue weighted by Gasteiger charge is 2.34. The number of halogens is 1. The third kappa shape index (κ3) is 7.44. The van der Waals surface area contributed by atoms with Crippen molar-refractivity contribution in [3.05, 3.63) is 95.3 Å². The number of sulfonamides is 1. The molecule has 0 radical (unpaired) electrons. The molecule has 2 amide bonds. The van der Waals surface area contributed by atoms with Crippen molar-refractivity contribution in [2.75, 3.05) is 17.4 Å². The van der Waals surface area contributed by atoms with E-state index >= 15 is 0 Å². The van der Waals surface area contributed by atoms with Crippen LogP contribution in [0.15, 0.2) is 77.7 Å². The molecule has 0 aliphatic rings. The van der Waals surface area contributed by atoms with Gasteiger partial charge in [-0.25, -0.2) is 12.8 Å². The second kappa shape index (κ2) is 13.4. The van der Waals surface area contributed by atoms with Crippen LogP contribution in [0.5, 0.6) is 0 Å². The molecule has 1 N–H and O–H groups in total. The van der Waals surface area contributed by atoms with Gasteiger partial charge in [-0.3, -0.25) is 13.9 Å². The van der Waals surface area contributed by atoms with Gasteiger partial charge in [0.1, 0.15) is 18.4 Å². The third-order valence-electron chi connectivity index (χ3n) is 6.43. The normalized spacial score (nSPS) is 12.0. The van der Waals surface area contributed by atoms with Crippen LogP contribution >= 0.6 is 0 Å². The lowest BCUT2D eigenvalue weighted by Crippen LogP contribution is -2.52. The van der Waals surface area contributed by atoms with E-state index < -0.39 is 34.3 Å². The molecule has 0 saturated heterocycles. The number of anilines is 1. The second-order valence-electron chi connectivity index (χ2n) is 9.48. The first-order valence-corrected chi connectivity index (χ1v) is 14.5. The Kier molecular flexibility index (Phi) is 10.2. The van der Waals surface area contributed by atoms with Crippen LogP contribution in [0.1, 0.15) is 43.4 Å². The molecule has 0 saturated carbocycles. The zero-order valence-electron chi connectivity index (χ0n) is 22.9. The summed E-state index contributed by atoms with van der Waals surface area (Å²) in [5.74, 6) is -1.28. The van der Waals surface area contributed by atoms with E-state index in [-0.39, 0.29) is 17.3 Å². The molecule has 7 nitrogen and oxygen atoms in total. The van der Waals surface area contributed by atoms with E-state index in [1.165, 1.54) is 29.2 Å². The Morgan fingerprint density at radius 1 is 0.949 bits per heavy atom. The number of rotatable bonds is 12. The van der Waals surface area contributed by atoms with Crippen molar-refractivity contribution < 1.29 is 22.4 Å². The van der Waals surface area contributed by atoms with Crippen molar-refractivity contribution in [3.63, 3.8) is 0 Å². The molecule has 0 aromatic heterocycles. The molecule has 208 valence electrons. The van der Waals surface area contributed by atoms with E-state index in [9.17, 15) is 22.4 Å². The lowest BCUT2D eigenvalue weighted by atomic mass is 10.1. The Labute approximate surface area is 230 Å². The van der Waals surface area contributed by atoms with Crippen LogP contribution in [-0.2, 0) is 26.2 Å². The smallest absolute Gasteiger partial charge is 0.264 e. The van der Waals surface area contributed by atoms with Gasteiger partial charge in [0.2, 0.25) is 11.8 Å². The molecule has 3 aromatic rings. The SMILES string of the molecule is CCCNC(=O)[C@@H](CC)N(Cc1ccc(F)cc1)C(=O)CN(c1ccc(C)cc1C)S(=O)(=O)c1ccccc1. The Balaban J connectivity index is 2.07. The quantitative estimate of drug-likeness (QED) is 0.343. The summed E-state index contributed by atoms with van der Waals surface area (Å²) in [7, 11) is -4.13. The van der Waals surface area contributed by atoms with Gasteiger partial charge in [-0.05, 0) is 68.1 Å². The second-order valence-corrected chi connectivity index (χ2v) is 11.3. The van der Waals surface area contributed by atoms with Crippen molar-refractivity contribution in [1.82, 2.24) is 10.2 Å². The molecule has 3 rings (SSSR count). The van der Waals surface area contributed by atoms with Gasteiger partial charge in [-0.2, -0.15) is 0 Å². The zero-order chi connectivity index (χ0) is 28.6. The van der Waals surface area contributed by atoms with Crippen LogP contribution in [0, 0.1) is 19.7 Å². The van der Waals surface area contributed by atoms with Crippen molar-refractivity contribution in [3.8, 4) is 0 Å². The molecule has 0 spiro atoms. The van der Waals surface area contributed by atoms with Gasteiger partial charge in [0, 0.05) is 13.1 Å². The number of benzene rings is 3. The molecule has 0 fully saturated rings. The molecule has 3 aromatic carbocycles. The largest absolute Gasteiger partial charge is 0.354 e. The maximum atomic E-state index is 14.0. The average molecular weight is 554 g/mol. The highest BCUT2D eigenvalue weighted by molar-refractivity contribution is 7.92. The van der Waals surface area contributed by atoms with E-state index in [4.69, 9.17) is 0 Å². The number of carbonyl (C=O) groups is 2. The molecule has 0 aliphatic carbocycles. The molecule has 0 aliphatic heterocycles. The summed E-state index contributed by atoms with van der Waals surface area (Å²) in [5.41, 5.74) is 2.65. The third-order valence-corrected chi connectivity index (χ3v) is 8.21. The van der Waals surface area contributed by atoms with Crippen LogP contribution < -0.4 is 9.62 Å². The number of hydrogen-bond donors (Lipinski definition) is 1. The van der Waals surface area contributed by atoms with Crippen LogP contribution in [0.3, 0.4) is 0 Å². The van der Waals surface area contributed by atoms with Gasteiger partial charge in [-0.1, -0.05) is 61.9 Å². The molecule has 39 heavy (non-hydrogen) atoms. The van der Waals surface area contributed by atoms with Crippen LogP contribution in [0.25, 0.3) is 0 Å². The Bertz CT molecular complexity index is 1380. The van der Waals surface area contributed by atoms with Crippen molar-refractivity contribution in [2.24, 2.45) is 0 Å². The van der Waals surface area contributed by atoms with E-state index in [0.29, 0.717) is 29.8 Å². The van der Waals surface area contributed by atoms with Gasteiger partial charge in [0.05, 0.1) is 10.6 Å². The van der Waals surface area contributed by atoms with Gasteiger partial charge in [0.15, 0.2) is 0 Å². The standard InChI is InChI=1S/C30H36FN3O4S/c1-5-18-32-30(36)27(6-2)33(20-24-13-15-25(31)16-14-24)29(35)21-34(28-17-12-22(3)19-23(28)4)39(37,38)26-10-8-7-9-11-26/h7-17,19,27H,5-6,18,20-21H2,1-4H3,(H,32,36)/t27-/m1/s1. The van der Waals surface area contributed by atoms with E-state index in [1.54, 1.807) is 56.3 Å². The van der Waals surface area contributed by atoms with Crippen molar-refractivity contribution in [2.45, 2.75) is 58.0 Å². The predicted octanol–water partition coefficient (Wildman–Crippen LogP) is 4.97. The Morgan fingerprint density at radius 3 is 2.21 bits per heavy atom. The molecule has 9 heteroatoms. The van der Waals surface area contributed by atoms with E-state index in [1.807, 2.05) is 19.9 Å². The van der Waals surface area contributed by atoms with Gasteiger partial charge in [-0.15, -0.1) is 0 Å². The molecule has 0 bridgehead atoms. The summed E-state index contributed by atoms with van der Waals surface area (Å²) < 4.78 is 42.4. The molecule has 0 unspecified atom stereocenters. The van der Waals surface area contributed by atoms with Crippen LogP contribution in [-0.4, -0.2) is 44.3 Å². The maximum Gasteiger partial charge on any atom is 0.264 e. The number of carbonyl (C=O) groups excluding carboxylic acids is 2. The number of hydrogen-bond acceptors (Lipinski definition) is 4. The number of aryl methyl sites for hydroxylation is 2. The van der Waals surface area contributed by atoms with E-state index in [2.05, 4.69) is 5.32 Å². The monoisotopic (exact) mass is 553 g/mol. The first-order valence-electron chi connectivity index (χ1n) is 13.0. The predicted molar refractivity (Wildman–Crippen MR) is 151 cm³/mol. The fraction of sp³-hybridized carbons (Fsp3) is 0.333. The number of nitrogens with one attached hydrogen (secondary N) is 1. The minimum Gasteiger partial charge on any atom is -0.354 e. The minimum atomic E-state index is -4.13. The number of nitrogens with zero attached hydrogens (tertiary/aromatic N) is 2. The van der Waals surface area contributed by atoms with Gasteiger partial charge >= 0.3 is 0 Å². The summed E-state index contributed by atoms with van der Waals surface area (Å²) in [6, 6.07) is 18.1. The molecular formula is C30H36FN3O4S. The zero-order valence-corrected chi connectivity index (χ0v) is 23.7. The summed E-state index contributed by atoms with van der Waals surface area (Å²) >= 11 is 0. The average Bonchev–Trinajstić information content (AvgIpc) is 2.92. The molecule has 0 heterocycles. The first-order chi connectivity index (χ1) is 18.6. The van der Waals surface area contributed by atoms with Crippen molar-refractivity contribution in [1.29, 1.82) is 0 Å². The lowest BCUT2D eigenvalue weighted by molar-refractivity contribution is -0.140. The van der Waals surface area contributed by atoms with Crippen molar-refractivity contribution >= 4 is 27.5 Å². The van der Waals surface area contributed by atoms with Gasteiger partial charge < -0.3 is 10.2 Å². The van der Waals surface area contributed by atoms with Crippen LogP contribution in [0.4, 0.5) is 10.1 Å². The topological polar surface area (TPSA) is 86.8 Å². The lowest BCUT2D eigenvalue weighted by Gasteiger charge is -2.33. The van der Waals surface area contributed by atoms with E-state index in [0.717, 1.165) is 16.3 Å². The summed E-state index contributed by atoms with van der Waals surface area (Å²) in [6.45, 7) is 7.38. The summed E-state index contributed by atoms with van der Waals surface area (Å²) in [4.78, 5) is 28.5. The highest BCUT2D eigenvalue weighted by Crippen LogP contribution is 2.28. The summed E-state index contributed by atoms with van der Waals surface area (Å²) in [6.07, 6.45) is 1.04. The minimum absolute atomic E-state index is 0.0171. The Morgan fingerprint density at radius 2 is 1.62 bits per heavy atom. The molecular weight excluding hydrogens is 517 g/mol. The maximum absolute atomic E-state index is 14.0.